The number of Topliss-reactive ketones (excluding diaryl/α,β-unsaturated/α-hetero) is 1. The van der Waals surface area contributed by atoms with E-state index in [4.69, 9.17) is 0 Å². The number of carbonyl (C=O) groups excluding carboxylic acids is 4. The third kappa shape index (κ3) is 9.37. The van der Waals surface area contributed by atoms with Crippen molar-refractivity contribution in [2.45, 2.75) is 45.6 Å². The highest BCUT2D eigenvalue weighted by molar-refractivity contribution is 5.93. The van der Waals surface area contributed by atoms with Crippen LogP contribution in [0.2, 0.25) is 0 Å². The number of amides is 3. The van der Waals surface area contributed by atoms with E-state index in [1.807, 2.05) is 63.4 Å². The fourth-order valence-corrected chi connectivity index (χ4v) is 4.45. The highest BCUT2D eigenvalue weighted by atomic mass is 16.2. The fraction of sp³-hybridized carbons (Fsp3) is 0.483. The van der Waals surface area contributed by atoms with E-state index in [0.717, 1.165) is 42.8 Å². The largest absolute Gasteiger partial charge is 0.349 e. The molecule has 1 aromatic carbocycles. The number of likely N-dealkylation sites (tertiary alicyclic amines) is 1. The van der Waals surface area contributed by atoms with E-state index in [9.17, 15) is 19.2 Å². The summed E-state index contributed by atoms with van der Waals surface area (Å²) in [6, 6.07) is 12.5. The number of pyridine rings is 1. The van der Waals surface area contributed by atoms with Crippen LogP contribution < -0.4 is 16.0 Å². The lowest BCUT2D eigenvalue weighted by atomic mass is 9.95. The first-order valence-electron chi connectivity index (χ1n) is 13.3. The molecule has 3 rings (SSSR count). The number of nitrogens with one attached hydrogen (secondary N) is 3. The summed E-state index contributed by atoms with van der Waals surface area (Å²) in [6.07, 6.45) is 3.86. The van der Waals surface area contributed by atoms with E-state index in [0.29, 0.717) is 6.42 Å². The van der Waals surface area contributed by atoms with Gasteiger partial charge in [0.2, 0.25) is 17.7 Å². The molecule has 1 aliphatic rings. The molecule has 0 unspecified atom stereocenters. The van der Waals surface area contributed by atoms with Crippen molar-refractivity contribution >= 4 is 23.5 Å². The molecule has 0 saturated carbocycles. The molecule has 1 fully saturated rings. The predicted molar refractivity (Wildman–Crippen MR) is 146 cm³/mol. The van der Waals surface area contributed by atoms with Gasteiger partial charge in [0.05, 0.1) is 25.2 Å². The number of hydrogen-bond acceptors (Lipinski definition) is 6. The molecule has 2 heterocycles. The van der Waals surface area contributed by atoms with Crippen molar-refractivity contribution in [1.29, 1.82) is 0 Å². The van der Waals surface area contributed by atoms with Crippen LogP contribution in [0.5, 0.6) is 0 Å². The van der Waals surface area contributed by atoms with Gasteiger partial charge in [0.25, 0.3) is 0 Å². The minimum atomic E-state index is -0.698. The summed E-state index contributed by atoms with van der Waals surface area (Å²) >= 11 is 0. The molecule has 204 valence electrons. The summed E-state index contributed by atoms with van der Waals surface area (Å²) < 4.78 is 0. The van der Waals surface area contributed by atoms with E-state index in [1.54, 1.807) is 6.20 Å². The number of ketones is 1. The Labute approximate surface area is 224 Å². The molecule has 1 atom stereocenters. The third-order valence-electron chi connectivity index (χ3n) is 6.62. The average Bonchev–Trinajstić information content (AvgIpc) is 2.91. The van der Waals surface area contributed by atoms with Crippen LogP contribution >= 0.6 is 0 Å². The molecule has 9 heteroatoms. The Balaban J connectivity index is 1.43. The van der Waals surface area contributed by atoms with E-state index in [2.05, 4.69) is 25.8 Å². The van der Waals surface area contributed by atoms with Gasteiger partial charge in [-0.2, -0.15) is 0 Å². The standard InChI is InChI=1S/C29H39N5O4/c1-20(2)15-26(33-28(37)22-10-13-34(3)14-11-22)29(38)32-19-24(35)18-31-27(36)17-21-7-6-8-23(16-21)25-9-4-5-12-30-25/h4-9,12,16,20,22,26H,10-11,13-15,17-19H2,1-3H3,(H,31,36)(H,32,38)(H,33,37)/t26-/m0/s1. The molecule has 1 saturated heterocycles. The number of nitrogens with zero attached hydrogens (tertiary/aromatic N) is 2. The van der Waals surface area contributed by atoms with Gasteiger partial charge >= 0.3 is 0 Å². The second kappa shape index (κ2) is 14.4. The molecule has 1 aromatic heterocycles. The first-order chi connectivity index (χ1) is 18.2. The summed E-state index contributed by atoms with van der Waals surface area (Å²) in [5.41, 5.74) is 2.54. The van der Waals surface area contributed by atoms with Crippen LogP contribution in [0.15, 0.2) is 48.7 Å². The van der Waals surface area contributed by atoms with Crippen molar-refractivity contribution in [2.75, 3.05) is 33.2 Å². The minimum Gasteiger partial charge on any atom is -0.349 e. The highest BCUT2D eigenvalue weighted by Gasteiger charge is 2.28. The zero-order valence-corrected chi connectivity index (χ0v) is 22.5. The molecule has 9 nitrogen and oxygen atoms in total. The van der Waals surface area contributed by atoms with Crippen LogP contribution in [0, 0.1) is 11.8 Å². The Hall–Kier alpha value is -3.59. The first kappa shape index (κ1) is 29.0. The number of rotatable bonds is 12. The summed E-state index contributed by atoms with van der Waals surface area (Å²) in [4.78, 5) is 56.8. The predicted octanol–water partition coefficient (Wildman–Crippen LogP) is 1.97. The topological polar surface area (TPSA) is 121 Å². The fourth-order valence-electron chi connectivity index (χ4n) is 4.45. The zero-order chi connectivity index (χ0) is 27.5. The number of carbonyl (C=O) groups is 4. The average molecular weight is 522 g/mol. The van der Waals surface area contributed by atoms with Gasteiger partial charge in [0, 0.05) is 17.7 Å². The number of hydrogen-bond donors (Lipinski definition) is 3. The third-order valence-corrected chi connectivity index (χ3v) is 6.62. The van der Waals surface area contributed by atoms with Gasteiger partial charge < -0.3 is 20.9 Å². The molecule has 0 bridgehead atoms. The van der Waals surface area contributed by atoms with Crippen molar-refractivity contribution in [3.63, 3.8) is 0 Å². The van der Waals surface area contributed by atoms with Gasteiger partial charge in [0.15, 0.2) is 5.78 Å². The van der Waals surface area contributed by atoms with Gasteiger partial charge in [-0.05, 0) is 69.1 Å². The number of aromatic nitrogens is 1. The van der Waals surface area contributed by atoms with Crippen LogP contribution in [-0.4, -0.2) is 72.7 Å². The number of benzene rings is 1. The lowest BCUT2D eigenvalue weighted by molar-refractivity contribution is -0.133. The van der Waals surface area contributed by atoms with Crippen LogP contribution in [0.3, 0.4) is 0 Å². The normalized spacial score (nSPS) is 15.1. The maximum atomic E-state index is 12.8. The second-order valence-corrected chi connectivity index (χ2v) is 10.4. The molecule has 38 heavy (non-hydrogen) atoms. The van der Waals surface area contributed by atoms with Gasteiger partial charge in [0.1, 0.15) is 6.04 Å². The van der Waals surface area contributed by atoms with Gasteiger partial charge in [-0.25, -0.2) is 0 Å². The van der Waals surface area contributed by atoms with E-state index in [1.165, 1.54) is 0 Å². The number of piperidine rings is 1. The van der Waals surface area contributed by atoms with Crippen LogP contribution in [-0.2, 0) is 25.6 Å². The first-order valence-corrected chi connectivity index (χ1v) is 13.3. The smallest absolute Gasteiger partial charge is 0.242 e. The van der Waals surface area contributed by atoms with Crippen LogP contribution in [0.1, 0.15) is 38.7 Å². The Bertz CT molecular complexity index is 1100. The van der Waals surface area contributed by atoms with E-state index < -0.39 is 6.04 Å². The van der Waals surface area contributed by atoms with Crippen molar-refractivity contribution in [2.24, 2.45) is 11.8 Å². The van der Waals surface area contributed by atoms with Gasteiger partial charge in [-0.3, -0.25) is 24.2 Å². The van der Waals surface area contributed by atoms with Crippen LogP contribution in [0.4, 0.5) is 0 Å². The Morgan fingerprint density at radius 2 is 1.74 bits per heavy atom. The van der Waals surface area contributed by atoms with Gasteiger partial charge in [-0.1, -0.05) is 38.1 Å². The molecule has 0 radical (unpaired) electrons. The SMILES string of the molecule is CC(C)C[C@H](NC(=O)C1CCN(C)CC1)C(=O)NCC(=O)CNC(=O)Cc1cccc(-c2ccccn2)c1. The minimum absolute atomic E-state index is 0.102. The Kier molecular flexibility index (Phi) is 11.0. The molecular formula is C29H39N5O4. The highest BCUT2D eigenvalue weighted by Crippen LogP contribution is 2.18. The molecular weight excluding hydrogens is 482 g/mol. The van der Waals surface area contributed by atoms with Crippen molar-refractivity contribution in [3.05, 3.63) is 54.2 Å². The molecule has 2 aromatic rings. The van der Waals surface area contributed by atoms with E-state index >= 15 is 0 Å². The van der Waals surface area contributed by atoms with Crippen molar-refractivity contribution in [1.82, 2.24) is 25.8 Å². The summed E-state index contributed by atoms with van der Waals surface area (Å²) in [5, 5.41) is 8.15. The summed E-state index contributed by atoms with van der Waals surface area (Å²) in [7, 11) is 2.03. The quantitative estimate of drug-likeness (QED) is 0.393. The molecule has 0 spiro atoms. The monoisotopic (exact) mass is 521 g/mol. The zero-order valence-electron chi connectivity index (χ0n) is 22.5. The lowest BCUT2D eigenvalue weighted by Crippen LogP contribution is -2.51. The Morgan fingerprint density at radius 1 is 1.00 bits per heavy atom. The molecule has 0 aliphatic carbocycles. The van der Waals surface area contributed by atoms with Crippen molar-refractivity contribution in [3.8, 4) is 11.3 Å². The molecule has 1 aliphatic heterocycles. The molecule has 3 N–H and O–H groups in total. The maximum Gasteiger partial charge on any atom is 0.242 e. The van der Waals surface area contributed by atoms with Crippen molar-refractivity contribution < 1.29 is 19.2 Å². The van der Waals surface area contributed by atoms with Crippen LogP contribution in [0.25, 0.3) is 11.3 Å². The van der Waals surface area contributed by atoms with Gasteiger partial charge in [-0.15, -0.1) is 0 Å². The van der Waals surface area contributed by atoms with E-state index in [-0.39, 0.29) is 54.9 Å². The Morgan fingerprint density at radius 3 is 2.42 bits per heavy atom. The lowest BCUT2D eigenvalue weighted by Gasteiger charge is -2.29. The maximum absolute atomic E-state index is 12.8. The summed E-state index contributed by atoms with van der Waals surface area (Å²) in [5.74, 6) is -1.01. The molecule has 3 amide bonds. The summed E-state index contributed by atoms with van der Waals surface area (Å²) in [6.45, 7) is 5.27. The second-order valence-electron chi connectivity index (χ2n) is 10.4.